The number of hydrogen-bond donors (Lipinski definition) is 2. The Hall–Kier alpha value is -4.01. The summed E-state index contributed by atoms with van der Waals surface area (Å²) in [6, 6.07) is 17.5. The fourth-order valence-corrected chi connectivity index (χ4v) is 5.12. The Balaban J connectivity index is 1.59. The fourth-order valence-electron chi connectivity index (χ4n) is 4.92. The molecule has 5 rings (SSSR count). The number of phenols is 1. The average molecular weight is 534 g/mol. The van der Waals surface area contributed by atoms with E-state index >= 15 is 0 Å². The van der Waals surface area contributed by atoms with Crippen molar-refractivity contribution in [2.75, 3.05) is 50.1 Å². The second-order valence-electron chi connectivity index (χ2n) is 9.42. The van der Waals surface area contributed by atoms with Crippen molar-refractivity contribution >= 4 is 40.4 Å². The largest absolute Gasteiger partial charge is 0.508 e. The number of ketones is 1. The highest BCUT2D eigenvalue weighted by molar-refractivity contribution is 6.51. The number of carbonyl (C=O) groups is 2. The average Bonchev–Trinajstić information content (AvgIpc) is 3.19. The molecule has 0 spiro atoms. The summed E-state index contributed by atoms with van der Waals surface area (Å²) in [5.41, 5.74) is 2.35. The minimum Gasteiger partial charge on any atom is -0.508 e. The van der Waals surface area contributed by atoms with E-state index in [9.17, 15) is 19.8 Å². The minimum atomic E-state index is -0.910. The van der Waals surface area contributed by atoms with Gasteiger partial charge in [-0.25, -0.2) is 0 Å². The highest BCUT2D eigenvalue weighted by Crippen LogP contribution is 2.43. The SMILES string of the molecule is COc1cc(/C(O)=C2/C(=O)C(=O)N(c3ccc(N4CCN(C)CC4)cc3)C2c2ccc(O)cc2)ccc1Cl. The summed E-state index contributed by atoms with van der Waals surface area (Å²) < 4.78 is 5.27. The van der Waals surface area contributed by atoms with Crippen molar-refractivity contribution in [2.24, 2.45) is 0 Å². The van der Waals surface area contributed by atoms with Gasteiger partial charge in [-0.15, -0.1) is 0 Å². The van der Waals surface area contributed by atoms with Crippen molar-refractivity contribution < 1.29 is 24.5 Å². The third-order valence-corrected chi connectivity index (χ3v) is 7.39. The molecule has 0 aromatic heterocycles. The lowest BCUT2D eigenvalue weighted by Gasteiger charge is -2.34. The molecule has 2 N–H and O–H groups in total. The first kappa shape index (κ1) is 25.6. The molecule has 3 aromatic rings. The molecule has 0 saturated carbocycles. The molecule has 1 amide bonds. The summed E-state index contributed by atoms with van der Waals surface area (Å²) in [4.78, 5) is 32.8. The Morgan fingerprint density at radius 2 is 1.55 bits per heavy atom. The van der Waals surface area contributed by atoms with Crippen LogP contribution >= 0.6 is 11.6 Å². The van der Waals surface area contributed by atoms with Crippen LogP contribution in [-0.2, 0) is 9.59 Å². The number of amides is 1. The normalized spacial score (nSPS) is 19.7. The molecule has 3 aromatic carbocycles. The quantitative estimate of drug-likeness (QED) is 0.285. The first-order chi connectivity index (χ1) is 18.3. The second-order valence-corrected chi connectivity index (χ2v) is 9.82. The van der Waals surface area contributed by atoms with E-state index in [0.29, 0.717) is 27.6 Å². The van der Waals surface area contributed by atoms with Crippen LogP contribution in [0.15, 0.2) is 72.3 Å². The second kappa shape index (κ2) is 10.4. The molecule has 2 fully saturated rings. The number of aliphatic hydroxyl groups is 1. The third-order valence-electron chi connectivity index (χ3n) is 7.07. The number of anilines is 2. The van der Waals surface area contributed by atoms with Crippen LogP contribution in [0.5, 0.6) is 11.5 Å². The summed E-state index contributed by atoms with van der Waals surface area (Å²) in [6.45, 7) is 3.73. The molecule has 196 valence electrons. The van der Waals surface area contributed by atoms with E-state index < -0.39 is 17.7 Å². The number of Topliss-reactive ketones (excluding diaryl/α,β-unsaturated/α-hetero) is 1. The van der Waals surface area contributed by atoms with Gasteiger partial charge in [-0.2, -0.15) is 0 Å². The molecule has 1 atom stereocenters. The molecule has 2 heterocycles. The van der Waals surface area contributed by atoms with Gasteiger partial charge in [-0.3, -0.25) is 14.5 Å². The monoisotopic (exact) mass is 533 g/mol. The predicted molar refractivity (Wildman–Crippen MR) is 147 cm³/mol. The van der Waals surface area contributed by atoms with E-state index in [1.807, 2.05) is 24.3 Å². The molecule has 0 bridgehead atoms. The van der Waals surface area contributed by atoms with Gasteiger partial charge >= 0.3 is 0 Å². The first-order valence-electron chi connectivity index (χ1n) is 12.3. The highest BCUT2D eigenvalue weighted by Gasteiger charge is 2.47. The van der Waals surface area contributed by atoms with Crippen LogP contribution in [0.2, 0.25) is 5.02 Å². The molecule has 38 heavy (non-hydrogen) atoms. The number of aliphatic hydroxyl groups excluding tert-OH is 1. The summed E-state index contributed by atoms with van der Waals surface area (Å²) in [6.07, 6.45) is 0. The van der Waals surface area contributed by atoms with Crippen LogP contribution in [0.3, 0.4) is 0 Å². The minimum absolute atomic E-state index is 0.0460. The Kier molecular flexibility index (Phi) is 7.01. The van der Waals surface area contributed by atoms with Crippen molar-refractivity contribution in [3.8, 4) is 11.5 Å². The number of rotatable bonds is 5. The number of hydrogen-bond acceptors (Lipinski definition) is 7. The van der Waals surface area contributed by atoms with Crippen molar-refractivity contribution in [1.82, 2.24) is 4.90 Å². The van der Waals surface area contributed by atoms with Gasteiger partial charge < -0.3 is 24.7 Å². The zero-order chi connectivity index (χ0) is 27.0. The van der Waals surface area contributed by atoms with Gasteiger partial charge in [0.1, 0.15) is 17.3 Å². The lowest BCUT2D eigenvalue weighted by molar-refractivity contribution is -0.132. The number of likely N-dealkylation sites (N-methyl/N-ethyl adjacent to an activating group) is 1. The molecule has 9 heteroatoms. The number of methoxy groups -OCH3 is 1. The van der Waals surface area contributed by atoms with E-state index in [2.05, 4.69) is 16.8 Å². The molecule has 2 saturated heterocycles. The van der Waals surface area contributed by atoms with Crippen LogP contribution in [0.25, 0.3) is 5.76 Å². The van der Waals surface area contributed by atoms with Crippen LogP contribution in [-0.4, -0.2) is 67.1 Å². The van der Waals surface area contributed by atoms with Crippen molar-refractivity contribution in [1.29, 1.82) is 0 Å². The van der Waals surface area contributed by atoms with E-state index in [1.54, 1.807) is 24.3 Å². The molecule has 0 radical (unpaired) electrons. The predicted octanol–water partition coefficient (Wildman–Crippen LogP) is 4.43. The Labute approximate surface area is 225 Å². The molecular weight excluding hydrogens is 506 g/mol. The zero-order valence-electron chi connectivity index (χ0n) is 21.1. The van der Waals surface area contributed by atoms with Gasteiger partial charge in [0.25, 0.3) is 11.7 Å². The van der Waals surface area contributed by atoms with Gasteiger partial charge in [-0.05, 0) is 67.2 Å². The van der Waals surface area contributed by atoms with Crippen molar-refractivity contribution in [3.63, 3.8) is 0 Å². The van der Waals surface area contributed by atoms with Crippen LogP contribution < -0.4 is 14.5 Å². The zero-order valence-corrected chi connectivity index (χ0v) is 21.9. The number of carbonyl (C=O) groups excluding carboxylic acids is 2. The number of aromatic hydroxyl groups is 1. The molecule has 2 aliphatic rings. The molecular formula is C29H28ClN3O5. The van der Waals surface area contributed by atoms with Crippen molar-refractivity contribution in [3.05, 3.63) is 88.5 Å². The van der Waals surface area contributed by atoms with Gasteiger partial charge in [-0.1, -0.05) is 23.7 Å². The highest BCUT2D eigenvalue weighted by atomic mass is 35.5. The van der Waals surface area contributed by atoms with E-state index in [1.165, 1.54) is 30.2 Å². The third kappa shape index (κ3) is 4.68. The van der Waals surface area contributed by atoms with Crippen LogP contribution in [0, 0.1) is 0 Å². The topological polar surface area (TPSA) is 93.5 Å². The fraction of sp³-hybridized carbons (Fsp3) is 0.241. The molecule has 2 aliphatic heterocycles. The summed E-state index contributed by atoms with van der Waals surface area (Å²) in [5, 5.41) is 21.5. The maximum absolute atomic E-state index is 13.4. The maximum Gasteiger partial charge on any atom is 0.300 e. The maximum atomic E-state index is 13.4. The molecule has 1 unspecified atom stereocenters. The molecule has 8 nitrogen and oxygen atoms in total. The number of piperazine rings is 1. The van der Waals surface area contributed by atoms with Gasteiger partial charge in [0.2, 0.25) is 0 Å². The van der Waals surface area contributed by atoms with Crippen LogP contribution in [0.4, 0.5) is 11.4 Å². The van der Waals surface area contributed by atoms with E-state index in [4.69, 9.17) is 16.3 Å². The summed E-state index contributed by atoms with van der Waals surface area (Å²) in [5.74, 6) is -1.53. The van der Waals surface area contributed by atoms with Gasteiger partial charge in [0, 0.05) is 43.1 Å². The lowest BCUT2D eigenvalue weighted by atomic mass is 9.95. The first-order valence-corrected chi connectivity index (χ1v) is 12.6. The van der Waals surface area contributed by atoms with Crippen LogP contribution in [0.1, 0.15) is 17.2 Å². The number of ether oxygens (including phenoxy) is 1. The standard InChI is InChI=1S/C29H28ClN3O5/c1-31-13-15-32(16-14-31)20-6-8-21(9-7-20)33-26(18-3-10-22(34)11-4-18)25(28(36)29(33)37)27(35)19-5-12-23(30)24(17-19)38-2/h3-12,17,26,34-35H,13-16H2,1-2H3/b27-25-. The Bertz CT molecular complexity index is 1400. The summed E-state index contributed by atoms with van der Waals surface area (Å²) in [7, 11) is 3.55. The number of halogens is 1. The van der Waals surface area contributed by atoms with Gasteiger partial charge in [0.15, 0.2) is 0 Å². The lowest BCUT2D eigenvalue weighted by Crippen LogP contribution is -2.44. The smallest absolute Gasteiger partial charge is 0.300 e. The molecule has 0 aliphatic carbocycles. The number of nitrogens with zero attached hydrogens (tertiary/aromatic N) is 3. The van der Waals surface area contributed by atoms with Gasteiger partial charge in [0.05, 0.1) is 23.7 Å². The van der Waals surface area contributed by atoms with E-state index in [0.717, 1.165) is 31.9 Å². The number of benzene rings is 3. The Morgan fingerprint density at radius 3 is 2.18 bits per heavy atom. The van der Waals surface area contributed by atoms with Crippen molar-refractivity contribution in [2.45, 2.75) is 6.04 Å². The Morgan fingerprint density at radius 1 is 0.921 bits per heavy atom. The summed E-state index contributed by atoms with van der Waals surface area (Å²) >= 11 is 6.15. The van der Waals surface area contributed by atoms with E-state index in [-0.39, 0.29) is 17.1 Å². The number of phenolic OH excluding ortho intramolecular Hbond substituents is 1.